The maximum Gasteiger partial charge on any atom is 0.326 e. The minimum absolute atomic E-state index is 0.0706. The maximum absolute atomic E-state index is 13.2. The van der Waals surface area contributed by atoms with Crippen LogP contribution in [0.15, 0.2) is 25.0 Å². The highest BCUT2D eigenvalue weighted by molar-refractivity contribution is 5.94. The topological polar surface area (TPSA) is 266 Å². The fourth-order valence-corrected chi connectivity index (χ4v) is 3.21. The average molecular weight is 523 g/mol. The van der Waals surface area contributed by atoms with E-state index >= 15 is 0 Å². The van der Waals surface area contributed by atoms with E-state index in [4.69, 9.17) is 10.8 Å². The fraction of sp³-hybridized carbons (Fsp3) is 0.476. The molecule has 0 aliphatic carbocycles. The van der Waals surface area contributed by atoms with Crippen LogP contribution in [0, 0.1) is 0 Å². The molecule has 0 bridgehead atoms. The summed E-state index contributed by atoms with van der Waals surface area (Å²) in [5.41, 5.74) is 6.57. The molecule has 0 aromatic carbocycles. The number of carbonyl (C=O) groups is 5. The first-order valence-electron chi connectivity index (χ1n) is 11.2. The molecule has 2 rings (SSSR count). The number of H-pyrrole nitrogens is 2. The van der Waals surface area contributed by atoms with Crippen LogP contribution in [0.3, 0.4) is 0 Å². The first-order valence-corrected chi connectivity index (χ1v) is 11.2. The van der Waals surface area contributed by atoms with Gasteiger partial charge in [0.25, 0.3) is 0 Å². The number of carboxylic acids is 2. The minimum atomic E-state index is -1.52. The zero-order valence-electron chi connectivity index (χ0n) is 19.9. The van der Waals surface area contributed by atoms with Crippen molar-refractivity contribution in [3.8, 4) is 0 Å². The number of imidazole rings is 2. The van der Waals surface area contributed by atoms with Crippen LogP contribution in [0.5, 0.6) is 0 Å². The molecule has 2 heterocycles. The Labute approximate surface area is 210 Å². The van der Waals surface area contributed by atoms with Crippen molar-refractivity contribution in [2.45, 2.75) is 62.9 Å². The van der Waals surface area contributed by atoms with Gasteiger partial charge in [-0.2, -0.15) is 0 Å². The summed E-state index contributed by atoms with van der Waals surface area (Å²) in [5.74, 6) is -5.21. The Morgan fingerprint density at radius 2 is 1.32 bits per heavy atom. The van der Waals surface area contributed by atoms with E-state index in [1.165, 1.54) is 32.0 Å². The number of aliphatic hydroxyl groups excluding tert-OH is 1. The summed E-state index contributed by atoms with van der Waals surface area (Å²) < 4.78 is 0. The van der Waals surface area contributed by atoms with Gasteiger partial charge in [-0.3, -0.25) is 19.2 Å². The lowest BCUT2D eigenvalue weighted by molar-refractivity contribution is -0.143. The fourth-order valence-electron chi connectivity index (χ4n) is 3.21. The van der Waals surface area contributed by atoms with E-state index in [9.17, 15) is 34.2 Å². The van der Waals surface area contributed by atoms with Crippen LogP contribution in [-0.2, 0) is 36.8 Å². The van der Waals surface area contributed by atoms with Gasteiger partial charge in [0.15, 0.2) is 0 Å². The number of amides is 3. The molecule has 202 valence electrons. The Hall–Kier alpha value is -4.31. The van der Waals surface area contributed by atoms with Crippen molar-refractivity contribution in [1.29, 1.82) is 0 Å². The summed E-state index contributed by atoms with van der Waals surface area (Å²) in [6.07, 6.45) is 3.26. The molecule has 0 spiro atoms. The third-order valence-electron chi connectivity index (χ3n) is 5.31. The second-order valence-corrected chi connectivity index (χ2v) is 8.28. The molecule has 2 aromatic heterocycles. The van der Waals surface area contributed by atoms with Gasteiger partial charge in [-0.1, -0.05) is 0 Å². The lowest BCUT2D eigenvalue weighted by atomic mass is 10.1. The third kappa shape index (κ3) is 9.34. The van der Waals surface area contributed by atoms with Gasteiger partial charge >= 0.3 is 11.9 Å². The third-order valence-corrected chi connectivity index (χ3v) is 5.31. The molecular weight excluding hydrogens is 492 g/mol. The highest BCUT2D eigenvalue weighted by atomic mass is 16.4. The number of carbonyl (C=O) groups excluding carboxylic acids is 3. The van der Waals surface area contributed by atoms with Gasteiger partial charge in [-0.25, -0.2) is 14.8 Å². The normalized spacial score (nSPS) is 15.0. The van der Waals surface area contributed by atoms with Gasteiger partial charge in [0.2, 0.25) is 17.7 Å². The van der Waals surface area contributed by atoms with Gasteiger partial charge in [-0.05, 0) is 13.3 Å². The number of carboxylic acid groups (broad SMARTS) is 2. The summed E-state index contributed by atoms with van der Waals surface area (Å²) in [4.78, 5) is 74.3. The van der Waals surface area contributed by atoms with Gasteiger partial charge in [0.05, 0.1) is 18.8 Å². The molecule has 16 nitrogen and oxygen atoms in total. The lowest BCUT2D eigenvalue weighted by Crippen LogP contribution is -2.59. The maximum atomic E-state index is 13.2. The number of hydrogen-bond donors (Lipinski definition) is 9. The highest BCUT2D eigenvalue weighted by Gasteiger charge is 2.32. The van der Waals surface area contributed by atoms with Crippen LogP contribution in [-0.4, -0.2) is 95.2 Å². The predicted octanol–water partition coefficient (Wildman–Crippen LogP) is -2.97. The van der Waals surface area contributed by atoms with Crippen molar-refractivity contribution in [3.05, 3.63) is 36.4 Å². The number of aliphatic hydroxyl groups is 1. The number of aromatic nitrogens is 4. The summed E-state index contributed by atoms with van der Waals surface area (Å²) in [7, 11) is 0. The second-order valence-electron chi connectivity index (χ2n) is 8.28. The molecule has 5 unspecified atom stereocenters. The smallest absolute Gasteiger partial charge is 0.326 e. The summed E-state index contributed by atoms with van der Waals surface area (Å²) in [6.45, 7) is 1.31. The summed E-state index contributed by atoms with van der Waals surface area (Å²) in [6, 6.07) is -5.43. The number of nitrogens with one attached hydrogen (secondary N) is 5. The quantitative estimate of drug-likeness (QED) is 0.114. The van der Waals surface area contributed by atoms with Crippen molar-refractivity contribution in [1.82, 2.24) is 35.9 Å². The molecule has 0 fully saturated rings. The Morgan fingerprint density at radius 1 is 0.865 bits per heavy atom. The van der Waals surface area contributed by atoms with Gasteiger partial charge in [-0.15, -0.1) is 0 Å². The lowest BCUT2D eigenvalue weighted by Gasteiger charge is -2.25. The molecule has 0 radical (unpaired) electrons. The van der Waals surface area contributed by atoms with Crippen LogP contribution < -0.4 is 21.7 Å². The van der Waals surface area contributed by atoms with E-state index in [-0.39, 0.29) is 19.3 Å². The summed E-state index contributed by atoms with van der Waals surface area (Å²) >= 11 is 0. The Balaban J connectivity index is 2.23. The van der Waals surface area contributed by atoms with Crippen molar-refractivity contribution < 1.29 is 39.3 Å². The second kappa shape index (κ2) is 13.7. The molecule has 0 saturated heterocycles. The summed E-state index contributed by atoms with van der Waals surface area (Å²) in [5, 5.41) is 35.0. The van der Waals surface area contributed by atoms with Gasteiger partial charge < -0.3 is 47.0 Å². The van der Waals surface area contributed by atoms with Crippen molar-refractivity contribution in [3.63, 3.8) is 0 Å². The Morgan fingerprint density at radius 3 is 1.70 bits per heavy atom. The van der Waals surface area contributed by atoms with Crippen LogP contribution in [0.1, 0.15) is 31.2 Å². The van der Waals surface area contributed by atoms with Crippen LogP contribution in [0.25, 0.3) is 0 Å². The van der Waals surface area contributed by atoms with Crippen molar-refractivity contribution >= 4 is 29.7 Å². The van der Waals surface area contributed by atoms with E-state index in [0.717, 1.165) is 0 Å². The number of rotatable bonds is 15. The van der Waals surface area contributed by atoms with Crippen LogP contribution in [0.2, 0.25) is 0 Å². The van der Waals surface area contributed by atoms with Gasteiger partial charge in [0, 0.05) is 43.0 Å². The molecule has 3 amide bonds. The van der Waals surface area contributed by atoms with E-state index in [1.54, 1.807) is 0 Å². The first kappa shape index (κ1) is 28.9. The number of nitrogens with two attached hydrogens (primary N) is 1. The monoisotopic (exact) mass is 522 g/mol. The van der Waals surface area contributed by atoms with E-state index in [1.807, 2.05) is 0 Å². The molecule has 10 N–H and O–H groups in total. The van der Waals surface area contributed by atoms with Crippen LogP contribution in [0.4, 0.5) is 0 Å². The molecular formula is C21H30N8O8. The molecule has 0 saturated carbocycles. The molecule has 5 atom stereocenters. The average Bonchev–Trinajstić information content (AvgIpc) is 3.54. The standard InChI is InChI=1S/C21H30N8O8/c1-10(30)17(22)20(35)29-15(5-12-7-24-9-26-12)19(34)28-14(4-11-6-23-8-25-11)18(33)27-13(21(36)37)2-3-16(31)32/h6-10,13-15,17,30H,2-5,22H2,1H3,(H,23,25)(H,24,26)(H,27,33)(H,28,34)(H,29,35)(H,31,32)(H,36,37). The first-order chi connectivity index (χ1) is 17.5. The minimum Gasteiger partial charge on any atom is -0.481 e. The molecule has 16 heteroatoms. The molecule has 0 aliphatic rings. The Kier molecular flexibility index (Phi) is 10.7. The van der Waals surface area contributed by atoms with E-state index in [2.05, 4.69) is 35.9 Å². The van der Waals surface area contributed by atoms with Crippen molar-refractivity contribution in [2.75, 3.05) is 0 Å². The van der Waals surface area contributed by atoms with Crippen LogP contribution >= 0.6 is 0 Å². The highest BCUT2D eigenvalue weighted by Crippen LogP contribution is 2.06. The molecule has 37 heavy (non-hydrogen) atoms. The number of nitrogens with zero attached hydrogens (tertiary/aromatic N) is 2. The van der Waals surface area contributed by atoms with Crippen molar-refractivity contribution in [2.24, 2.45) is 5.73 Å². The number of aliphatic carboxylic acids is 2. The van der Waals surface area contributed by atoms with E-state index in [0.29, 0.717) is 11.4 Å². The predicted molar refractivity (Wildman–Crippen MR) is 125 cm³/mol. The number of hydrogen-bond acceptors (Lipinski definition) is 9. The number of aromatic amines is 2. The van der Waals surface area contributed by atoms with E-state index < -0.39 is 66.4 Å². The zero-order valence-corrected chi connectivity index (χ0v) is 19.9. The Bertz CT molecular complexity index is 1060. The molecule has 0 aliphatic heterocycles. The van der Waals surface area contributed by atoms with Gasteiger partial charge in [0.1, 0.15) is 24.2 Å². The zero-order chi connectivity index (χ0) is 27.5. The SMILES string of the molecule is CC(O)C(N)C(=O)NC(Cc1cnc[nH]1)C(=O)NC(Cc1cnc[nH]1)C(=O)NC(CCC(=O)O)C(=O)O. The molecule has 2 aromatic rings. The largest absolute Gasteiger partial charge is 0.481 e.